The maximum atomic E-state index is 13.0. The zero-order valence-electron chi connectivity index (χ0n) is 17.9. The molecule has 0 saturated carbocycles. The first kappa shape index (κ1) is 20.9. The molecule has 5 rings (SSSR count). The zero-order valence-corrected chi connectivity index (χ0v) is 18.7. The SMILES string of the molecule is O=C(CN1CCN(c2ccc(Cl)cc2)CC1)NC1Cc2ccccc2Nc2ccccc21. The van der Waals surface area contributed by atoms with Gasteiger partial charge in [0, 0.05) is 48.3 Å². The van der Waals surface area contributed by atoms with Gasteiger partial charge in [0.25, 0.3) is 0 Å². The standard InChI is InChI=1S/C26H27ClN4O/c27-20-9-11-21(12-10-20)31-15-13-30(14-16-31)18-26(32)29-25-17-19-5-1-3-7-23(19)28-24-8-4-2-6-22(24)25/h1-12,25,28H,13-18H2,(H,29,32). The number of amides is 1. The lowest BCUT2D eigenvalue weighted by molar-refractivity contribution is -0.123. The average Bonchev–Trinajstić information content (AvgIpc) is 2.96. The van der Waals surface area contributed by atoms with Crippen molar-refractivity contribution in [3.05, 3.63) is 88.9 Å². The van der Waals surface area contributed by atoms with E-state index in [-0.39, 0.29) is 11.9 Å². The highest BCUT2D eigenvalue weighted by molar-refractivity contribution is 6.30. The second kappa shape index (κ2) is 9.23. The van der Waals surface area contributed by atoms with Crippen molar-refractivity contribution in [2.75, 3.05) is 42.9 Å². The Morgan fingerprint density at radius 2 is 1.59 bits per heavy atom. The van der Waals surface area contributed by atoms with Crippen LogP contribution in [0.4, 0.5) is 17.1 Å². The molecular weight excluding hydrogens is 420 g/mol. The topological polar surface area (TPSA) is 47.6 Å². The van der Waals surface area contributed by atoms with Gasteiger partial charge in [0.2, 0.25) is 5.91 Å². The summed E-state index contributed by atoms with van der Waals surface area (Å²) in [4.78, 5) is 17.6. The number of carbonyl (C=O) groups is 1. The van der Waals surface area contributed by atoms with Gasteiger partial charge in [-0.15, -0.1) is 0 Å². The summed E-state index contributed by atoms with van der Waals surface area (Å²) in [7, 11) is 0. The summed E-state index contributed by atoms with van der Waals surface area (Å²) in [6.07, 6.45) is 0.774. The molecule has 6 heteroatoms. The fourth-order valence-electron chi connectivity index (χ4n) is 4.60. The number of hydrogen-bond donors (Lipinski definition) is 2. The summed E-state index contributed by atoms with van der Waals surface area (Å²) >= 11 is 6.01. The van der Waals surface area contributed by atoms with Crippen molar-refractivity contribution in [1.82, 2.24) is 10.2 Å². The van der Waals surface area contributed by atoms with Crippen LogP contribution in [-0.4, -0.2) is 43.5 Å². The first-order valence-electron chi connectivity index (χ1n) is 11.1. The number of para-hydroxylation sites is 2. The summed E-state index contributed by atoms with van der Waals surface area (Å²) in [5.74, 6) is 0.0733. The van der Waals surface area contributed by atoms with Gasteiger partial charge in [-0.1, -0.05) is 48.0 Å². The molecule has 0 aliphatic carbocycles. The fourth-order valence-corrected chi connectivity index (χ4v) is 4.72. The minimum absolute atomic E-state index is 0.0507. The van der Waals surface area contributed by atoms with E-state index >= 15 is 0 Å². The number of rotatable bonds is 4. The number of benzene rings is 3. The predicted molar refractivity (Wildman–Crippen MR) is 131 cm³/mol. The molecule has 32 heavy (non-hydrogen) atoms. The van der Waals surface area contributed by atoms with E-state index in [1.54, 1.807) is 0 Å². The van der Waals surface area contributed by atoms with Crippen LogP contribution < -0.4 is 15.5 Å². The van der Waals surface area contributed by atoms with Crippen molar-refractivity contribution in [2.45, 2.75) is 12.5 Å². The Labute approximate surface area is 194 Å². The molecule has 3 aromatic carbocycles. The third-order valence-electron chi connectivity index (χ3n) is 6.31. The van der Waals surface area contributed by atoms with Crippen LogP contribution in [0.15, 0.2) is 72.8 Å². The Morgan fingerprint density at radius 3 is 2.38 bits per heavy atom. The number of fused-ring (bicyclic) bond motifs is 2. The average molecular weight is 447 g/mol. The summed E-state index contributed by atoms with van der Waals surface area (Å²) in [5.41, 5.74) is 5.68. The molecule has 2 aliphatic heterocycles. The van der Waals surface area contributed by atoms with Crippen LogP contribution in [0.1, 0.15) is 17.2 Å². The molecule has 3 aromatic rings. The summed E-state index contributed by atoms with van der Waals surface area (Å²) in [5, 5.41) is 7.59. The van der Waals surface area contributed by atoms with E-state index in [1.807, 2.05) is 30.3 Å². The van der Waals surface area contributed by atoms with Crippen molar-refractivity contribution in [2.24, 2.45) is 0 Å². The summed E-state index contributed by atoms with van der Waals surface area (Å²) in [6.45, 7) is 3.95. The van der Waals surface area contributed by atoms with Gasteiger partial charge >= 0.3 is 0 Å². The fraction of sp³-hybridized carbons (Fsp3) is 0.269. The van der Waals surface area contributed by atoms with Gasteiger partial charge in [-0.25, -0.2) is 0 Å². The van der Waals surface area contributed by atoms with E-state index in [1.165, 1.54) is 11.3 Å². The van der Waals surface area contributed by atoms with Crippen LogP contribution in [0, 0.1) is 0 Å². The quantitative estimate of drug-likeness (QED) is 0.614. The zero-order chi connectivity index (χ0) is 21.9. The van der Waals surface area contributed by atoms with Gasteiger partial charge in [-0.2, -0.15) is 0 Å². The van der Waals surface area contributed by atoms with Crippen LogP contribution >= 0.6 is 11.6 Å². The molecule has 164 valence electrons. The highest BCUT2D eigenvalue weighted by Crippen LogP contribution is 2.35. The van der Waals surface area contributed by atoms with Crippen molar-refractivity contribution < 1.29 is 4.79 Å². The minimum Gasteiger partial charge on any atom is -0.369 e. The van der Waals surface area contributed by atoms with Gasteiger partial charge in [-0.3, -0.25) is 9.69 Å². The lowest BCUT2D eigenvalue weighted by atomic mass is 9.99. The van der Waals surface area contributed by atoms with Crippen molar-refractivity contribution >= 4 is 34.6 Å². The molecule has 2 aliphatic rings. The Kier molecular flexibility index (Phi) is 6.02. The molecular formula is C26H27ClN4O. The van der Waals surface area contributed by atoms with Crippen LogP contribution in [0.2, 0.25) is 5.02 Å². The molecule has 1 unspecified atom stereocenters. The van der Waals surface area contributed by atoms with Crippen LogP contribution in [0.25, 0.3) is 0 Å². The Morgan fingerprint density at radius 1 is 0.906 bits per heavy atom. The van der Waals surface area contributed by atoms with Gasteiger partial charge in [-0.05, 0) is 53.9 Å². The number of hydrogen-bond acceptors (Lipinski definition) is 4. The molecule has 1 fully saturated rings. The van der Waals surface area contributed by atoms with Crippen LogP contribution in [0.3, 0.4) is 0 Å². The summed E-state index contributed by atoms with van der Waals surface area (Å²) < 4.78 is 0. The van der Waals surface area contributed by atoms with Crippen molar-refractivity contribution in [3.63, 3.8) is 0 Å². The predicted octanol–water partition coefficient (Wildman–Crippen LogP) is 4.62. The maximum Gasteiger partial charge on any atom is 0.234 e. The van der Waals surface area contributed by atoms with E-state index in [0.29, 0.717) is 6.54 Å². The molecule has 2 heterocycles. The number of anilines is 3. The second-order valence-corrected chi connectivity index (χ2v) is 8.87. The highest BCUT2D eigenvalue weighted by Gasteiger charge is 2.25. The smallest absolute Gasteiger partial charge is 0.234 e. The third kappa shape index (κ3) is 4.59. The van der Waals surface area contributed by atoms with Crippen LogP contribution in [0.5, 0.6) is 0 Å². The molecule has 0 spiro atoms. The normalized spacial score (nSPS) is 18.2. The summed E-state index contributed by atoms with van der Waals surface area (Å²) in [6, 6.07) is 24.5. The van der Waals surface area contributed by atoms with Crippen molar-refractivity contribution in [3.8, 4) is 0 Å². The van der Waals surface area contributed by atoms with E-state index < -0.39 is 0 Å². The Balaban J connectivity index is 1.22. The largest absolute Gasteiger partial charge is 0.369 e. The van der Waals surface area contributed by atoms with E-state index in [9.17, 15) is 4.79 Å². The molecule has 1 saturated heterocycles. The van der Waals surface area contributed by atoms with Gasteiger partial charge in [0.1, 0.15) is 0 Å². The first-order valence-corrected chi connectivity index (χ1v) is 11.5. The number of carbonyl (C=O) groups excluding carboxylic acids is 1. The van der Waals surface area contributed by atoms with Gasteiger partial charge in [0.05, 0.1) is 12.6 Å². The maximum absolute atomic E-state index is 13.0. The number of nitrogens with zero attached hydrogens (tertiary/aromatic N) is 2. The lowest BCUT2D eigenvalue weighted by Crippen LogP contribution is -2.49. The number of halogens is 1. The molecule has 1 atom stereocenters. The van der Waals surface area contributed by atoms with Crippen LogP contribution in [-0.2, 0) is 11.2 Å². The molecule has 1 amide bonds. The first-order chi connectivity index (χ1) is 15.7. The number of piperazine rings is 1. The molecule has 5 nitrogen and oxygen atoms in total. The minimum atomic E-state index is -0.0507. The van der Waals surface area contributed by atoms with E-state index in [2.05, 4.69) is 62.9 Å². The second-order valence-electron chi connectivity index (χ2n) is 8.43. The number of nitrogens with one attached hydrogen (secondary N) is 2. The molecule has 2 N–H and O–H groups in total. The van der Waals surface area contributed by atoms with E-state index in [0.717, 1.165) is 54.6 Å². The molecule has 0 aromatic heterocycles. The lowest BCUT2D eigenvalue weighted by Gasteiger charge is -2.36. The molecule has 0 radical (unpaired) electrons. The van der Waals surface area contributed by atoms with Crippen molar-refractivity contribution in [1.29, 1.82) is 0 Å². The third-order valence-corrected chi connectivity index (χ3v) is 6.57. The highest BCUT2D eigenvalue weighted by atomic mass is 35.5. The Hall–Kier alpha value is -3.02. The molecule has 0 bridgehead atoms. The monoisotopic (exact) mass is 446 g/mol. The van der Waals surface area contributed by atoms with E-state index in [4.69, 9.17) is 11.6 Å². The van der Waals surface area contributed by atoms with Gasteiger partial charge in [0.15, 0.2) is 0 Å². The Bertz CT molecular complexity index is 1090. The van der Waals surface area contributed by atoms with Gasteiger partial charge < -0.3 is 15.5 Å².